The molecule has 6 nitrogen and oxygen atoms in total. The van der Waals surface area contributed by atoms with Gasteiger partial charge in [-0.25, -0.2) is 4.79 Å². The third-order valence-electron chi connectivity index (χ3n) is 1.63. The van der Waals surface area contributed by atoms with Crippen LogP contribution in [0.25, 0.3) is 0 Å². The van der Waals surface area contributed by atoms with Gasteiger partial charge in [-0.15, -0.1) is 0 Å². The Morgan fingerprint density at radius 1 is 1.47 bits per heavy atom. The first kappa shape index (κ1) is 11.0. The molecule has 0 atom stereocenters. The van der Waals surface area contributed by atoms with E-state index in [1.807, 2.05) is 0 Å². The van der Waals surface area contributed by atoms with E-state index in [4.69, 9.17) is 0 Å². The average molecular weight is 210 g/mol. The van der Waals surface area contributed by atoms with Crippen LogP contribution in [0.5, 0.6) is 5.75 Å². The van der Waals surface area contributed by atoms with Crippen LogP contribution in [0.4, 0.5) is 5.69 Å². The molecule has 1 aromatic heterocycles. The Morgan fingerprint density at radius 2 is 2.13 bits per heavy atom. The molecule has 0 aliphatic rings. The van der Waals surface area contributed by atoms with Gasteiger partial charge in [0.25, 0.3) is 0 Å². The van der Waals surface area contributed by atoms with E-state index in [0.29, 0.717) is 0 Å². The lowest BCUT2D eigenvalue weighted by Gasteiger charge is -2.08. The highest BCUT2D eigenvalue weighted by molar-refractivity contribution is 6.02. The van der Waals surface area contributed by atoms with Gasteiger partial charge in [0.15, 0.2) is 5.75 Å². The fourth-order valence-electron chi connectivity index (χ4n) is 1.02. The molecule has 0 unspecified atom stereocenters. The van der Waals surface area contributed by atoms with E-state index in [9.17, 15) is 14.7 Å². The first-order chi connectivity index (χ1) is 7.06. The summed E-state index contributed by atoms with van der Waals surface area (Å²) in [6.45, 7) is 1.26. The Labute approximate surface area is 85.9 Å². The van der Waals surface area contributed by atoms with E-state index in [-0.39, 0.29) is 17.0 Å². The van der Waals surface area contributed by atoms with Crippen molar-refractivity contribution in [1.82, 2.24) is 4.98 Å². The molecule has 0 saturated carbocycles. The molecule has 0 aromatic carbocycles. The second kappa shape index (κ2) is 4.41. The molecule has 15 heavy (non-hydrogen) atoms. The van der Waals surface area contributed by atoms with Crippen LogP contribution in [0.1, 0.15) is 17.3 Å². The first-order valence-electron chi connectivity index (χ1n) is 4.09. The molecule has 2 N–H and O–H groups in total. The zero-order valence-electron chi connectivity index (χ0n) is 8.27. The maximum absolute atomic E-state index is 11.2. The van der Waals surface area contributed by atoms with E-state index in [1.165, 1.54) is 20.2 Å². The highest BCUT2D eigenvalue weighted by atomic mass is 16.5. The smallest absolute Gasteiger partial charge is 0.341 e. The quantitative estimate of drug-likeness (QED) is 0.695. The lowest BCUT2D eigenvalue weighted by molar-refractivity contribution is -0.114. The van der Waals surface area contributed by atoms with Crippen molar-refractivity contribution in [2.75, 3.05) is 12.4 Å². The molecule has 80 valence electrons. The van der Waals surface area contributed by atoms with Gasteiger partial charge >= 0.3 is 5.97 Å². The maximum atomic E-state index is 11.2. The van der Waals surface area contributed by atoms with Gasteiger partial charge in [0.2, 0.25) is 5.91 Å². The number of methoxy groups -OCH3 is 1. The van der Waals surface area contributed by atoms with Gasteiger partial charge in [-0.2, -0.15) is 0 Å². The molecule has 1 aromatic rings. The molecular weight excluding hydrogens is 200 g/mol. The van der Waals surface area contributed by atoms with Gasteiger partial charge in [0.05, 0.1) is 13.3 Å². The fraction of sp³-hybridized carbons (Fsp3) is 0.222. The second-order valence-corrected chi connectivity index (χ2v) is 2.75. The number of aromatic hydroxyl groups is 1. The summed E-state index contributed by atoms with van der Waals surface area (Å²) in [6.07, 6.45) is 2.33. The lowest BCUT2D eigenvalue weighted by atomic mass is 10.2. The monoisotopic (exact) mass is 210 g/mol. The summed E-state index contributed by atoms with van der Waals surface area (Å²) in [4.78, 5) is 25.7. The number of carbonyl (C=O) groups excluding carboxylic acids is 2. The van der Waals surface area contributed by atoms with Gasteiger partial charge in [0.1, 0.15) is 11.3 Å². The number of nitrogens with one attached hydrogen (secondary N) is 1. The molecule has 0 bridgehead atoms. The fourth-order valence-corrected chi connectivity index (χ4v) is 1.02. The minimum absolute atomic E-state index is 0.00403. The van der Waals surface area contributed by atoms with Crippen molar-refractivity contribution in [3.8, 4) is 5.75 Å². The number of rotatable bonds is 2. The number of amides is 1. The van der Waals surface area contributed by atoms with Crippen molar-refractivity contribution >= 4 is 17.6 Å². The van der Waals surface area contributed by atoms with Gasteiger partial charge in [-0.05, 0) is 0 Å². The lowest BCUT2D eigenvalue weighted by Crippen LogP contribution is -2.12. The van der Waals surface area contributed by atoms with Crippen molar-refractivity contribution in [2.45, 2.75) is 6.92 Å². The first-order valence-corrected chi connectivity index (χ1v) is 4.09. The van der Waals surface area contributed by atoms with Gasteiger partial charge in [-0.1, -0.05) is 0 Å². The van der Waals surface area contributed by atoms with Crippen molar-refractivity contribution in [3.63, 3.8) is 0 Å². The van der Waals surface area contributed by atoms with Gasteiger partial charge < -0.3 is 15.2 Å². The summed E-state index contributed by atoms with van der Waals surface area (Å²) in [5.41, 5.74) is 0.0112. The van der Waals surface area contributed by atoms with Crippen LogP contribution in [-0.4, -0.2) is 29.1 Å². The van der Waals surface area contributed by atoms with Crippen LogP contribution >= 0.6 is 0 Å². The van der Waals surface area contributed by atoms with Crippen molar-refractivity contribution in [2.24, 2.45) is 0 Å². The summed E-state index contributed by atoms with van der Waals surface area (Å²) in [7, 11) is 1.20. The largest absolute Gasteiger partial charge is 0.504 e. The Balaban J connectivity index is 3.19. The minimum atomic E-state index is -0.679. The Bertz CT molecular complexity index is 403. The topological polar surface area (TPSA) is 88.5 Å². The molecular formula is C9H10N2O4. The summed E-state index contributed by atoms with van der Waals surface area (Å²) < 4.78 is 4.47. The van der Waals surface area contributed by atoms with E-state index in [2.05, 4.69) is 15.0 Å². The number of hydrogen-bond donors (Lipinski definition) is 2. The maximum Gasteiger partial charge on any atom is 0.341 e. The van der Waals surface area contributed by atoms with Crippen molar-refractivity contribution < 1.29 is 19.4 Å². The van der Waals surface area contributed by atoms with E-state index in [1.54, 1.807) is 0 Å². The number of anilines is 1. The highest BCUT2D eigenvalue weighted by Crippen LogP contribution is 2.26. The van der Waals surface area contributed by atoms with Gasteiger partial charge in [0, 0.05) is 13.1 Å². The normalized spacial score (nSPS) is 9.47. The molecule has 0 saturated heterocycles. The number of pyridine rings is 1. The molecule has 6 heteroatoms. The number of aromatic nitrogens is 1. The molecule has 1 heterocycles. The van der Waals surface area contributed by atoms with Crippen LogP contribution in [0, 0.1) is 0 Å². The van der Waals surface area contributed by atoms with Crippen LogP contribution < -0.4 is 5.32 Å². The Hall–Kier alpha value is -2.11. The number of carbonyl (C=O) groups is 2. The molecule has 0 spiro atoms. The third kappa shape index (κ3) is 2.43. The highest BCUT2D eigenvalue weighted by Gasteiger charge is 2.16. The van der Waals surface area contributed by atoms with E-state index < -0.39 is 11.9 Å². The van der Waals surface area contributed by atoms with Crippen LogP contribution in [0.3, 0.4) is 0 Å². The summed E-state index contributed by atoms with van der Waals surface area (Å²) in [5, 5.41) is 11.7. The van der Waals surface area contributed by atoms with Crippen molar-refractivity contribution in [3.05, 3.63) is 18.0 Å². The molecule has 0 aliphatic carbocycles. The Kier molecular flexibility index (Phi) is 3.22. The Morgan fingerprint density at radius 3 is 2.67 bits per heavy atom. The summed E-state index contributed by atoms with van der Waals surface area (Å²) in [6, 6.07) is 0. The minimum Gasteiger partial charge on any atom is -0.504 e. The van der Waals surface area contributed by atoms with Crippen molar-refractivity contribution in [1.29, 1.82) is 0 Å². The van der Waals surface area contributed by atoms with Crippen LogP contribution in [0.2, 0.25) is 0 Å². The molecule has 0 fully saturated rings. The van der Waals surface area contributed by atoms with Crippen LogP contribution in [-0.2, 0) is 9.53 Å². The van der Waals surface area contributed by atoms with E-state index >= 15 is 0 Å². The second-order valence-electron chi connectivity index (χ2n) is 2.75. The summed E-state index contributed by atoms with van der Waals surface area (Å²) in [5.74, 6) is -1.36. The standard InChI is InChI=1S/C9H10N2O4/c1-5(12)11-8-6(9(14)15-2)3-10-4-7(8)13/h3-4,13H,1-2H3,(H,10,11,12). The predicted octanol–water partition coefficient (Wildman–Crippen LogP) is 0.532. The number of hydrogen-bond acceptors (Lipinski definition) is 5. The third-order valence-corrected chi connectivity index (χ3v) is 1.63. The number of esters is 1. The van der Waals surface area contributed by atoms with Gasteiger partial charge in [-0.3, -0.25) is 9.78 Å². The molecule has 1 rings (SSSR count). The summed E-state index contributed by atoms with van der Waals surface area (Å²) >= 11 is 0. The molecule has 0 aliphatic heterocycles. The zero-order valence-corrected chi connectivity index (χ0v) is 8.27. The number of ether oxygens (including phenoxy) is 1. The number of nitrogens with zero attached hydrogens (tertiary/aromatic N) is 1. The van der Waals surface area contributed by atoms with E-state index in [0.717, 1.165) is 6.20 Å². The molecule has 1 amide bonds. The average Bonchev–Trinajstić information content (AvgIpc) is 2.19. The van der Waals surface area contributed by atoms with Crippen LogP contribution in [0.15, 0.2) is 12.4 Å². The SMILES string of the molecule is COC(=O)c1cncc(O)c1NC(C)=O. The zero-order chi connectivity index (χ0) is 11.4. The molecule has 0 radical (unpaired) electrons. The predicted molar refractivity (Wildman–Crippen MR) is 51.5 cm³/mol.